The van der Waals surface area contributed by atoms with Crippen LogP contribution in [0, 0.1) is 0 Å². The number of amides is 1. The van der Waals surface area contributed by atoms with E-state index in [9.17, 15) is 4.79 Å². The van der Waals surface area contributed by atoms with Crippen LogP contribution in [0.3, 0.4) is 0 Å². The highest BCUT2D eigenvalue weighted by molar-refractivity contribution is 6.06. The van der Waals surface area contributed by atoms with E-state index in [1.807, 2.05) is 38.4 Å². The number of para-hydroxylation sites is 1. The van der Waals surface area contributed by atoms with Gasteiger partial charge in [0.2, 0.25) is 0 Å². The lowest BCUT2D eigenvalue weighted by molar-refractivity contribution is 0.0795. The number of aromatic amines is 1. The molecule has 2 rings (SSSR count). The Kier molecular flexibility index (Phi) is 3.99. The Morgan fingerprint density at radius 1 is 1.39 bits per heavy atom. The minimum atomic E-state index is 0.0727. The molecule has 0 bridgehead atoms. The van der Waals surface area contributed by atoms with Crippen LogP contribution in [0.15, 0.2) is 30.5 Å². The van der Waals surface area contributed by atoms with Gasteiger partial charge in [-0.2, -0.15) is 0 Å². The monoisotopic (exact) mass is 245 g/mol. The first-order valence-corrected chi connectivity index (χ1v) is 6.20. The zero-order valence-electron chi connectivity index (χ0n) is 10.9. The number of hydrogen-bond acceptors (Lipinski definition) is 2. The molecule has 0 fully saturated rings. The summed E-state index contributed by atoms with van der Waals surface area (Å²) >= 11 is 0. The van der Waals surface area contributed by atoms with Crippen LogP contribution in [0.25, 0.3) is 10.9 Å². The lowest BCUT2D eigenvalue weighted by Crippen LogP contribution is -2.29. The molecule has 4 nitrogen and oxygen atoms in total. The summed E-state index contributed by atoms with van der Waals surface area (Å²) < 4.78 is 0. The zero-order valence-corrected chi connectivity index (χ0v) is 10.9. The predicted molar refractivity (Wildman–Crippen MR) is 73.8 cm³/mol. The number of benzene rings is 1. The summed E-state index contributed by atoms with van der Waals surface area (Å²) in [5.74, 6) is 0.0727. The van der Waals surface area contributed by atoms with E-state index in [4.69, 9.17) is 0 Å². The second kappa shape index (κ2) is 5.69. The molecule has 0 spiro atoms. The van der Waals surface area contributed by atoms with Crippen molar-refractivity contribution >= 4 is 16.8 Å². The molecule has 0 saturated carbocycles. The first kappa shape index (κ1) is 12.6. The minimum absolute atomic E-state index is 0.0727. The Hall–Kier alpha value is -1.81. The van der Waals surface area contributed by atoms with Crippen molar-refractivity contribution in [2.24, 2.45) is 0 Å². The van der Waals surface area contributed by atoms with E-state index >= 15 is 0 Å². The molecule has 18 heavy (non-hydrogen) atoms. The number of hydrogen-bond donors (Lipinski definition) is 2. The molecule has 2 N–H and O–H groups in total. The minimum Gasteiger partial charge on any atom is -0.360 e. The average Bonchev–Trinajstić information content (AvgIpc) is 2.82. The van der Waals surface area contributed by atoms with Gasteiger partial charge >= 0.3 is 0 Å². The lowest BCUT2D eigenvalue weighted by atomic mass is 10.1. The van der Waals surface area contributed by atoms with Crippen molar-refractivity contribution in [3.8, 4) is 0 Å². The van der Waals surface area contributed by atoms with Gasteiger partial charge in [-0.1, -0.05) is 18.2 Å². The van der Waals surface area contributed by atoms with Gasteiger partial charge in [0.15, 0.2) is 0 Å². The molecule has 0 aliphatic carbocycles. The molecule has 4 heteroatoms. The number of aromatic nitrogens is 1. The summed E-state index contributed by atoms with van der Waals surface area (Å²) in [6.45, 7) is 1.69. The zero-order chi connectivity index (χ0) is 13.0. The number of nitrogens with zero attached hydrogens (tertiary/aromatic N) is 1. The second-order valence-corrected chi connectivity index (χ2v) is 4.43. The third-order valence-electron chi connectivity index (χ3n) is 3.09. The molecule has 0 radical (unpaired) electrons. The van der Waals surface area contributed by atoms with Gasteiger partial charge in [-0.25, -0.2) is 0 Å². The maximum atomic E-state index is 12.3. The fourth-order valence-corrected chi connectivity index (χ4v) is 2.05. The van der Waals surface area contributed by atoms with Gasteiger partial charge in [-0.3, -0.25) is 4.79 Å². The van der Waals surface area contributed by atoms with Crippen molar-refractivity contribution in [3.63, 3.8) is 0 Å². The normalized spacial score (nSPS) is 10.8. The summed E-state index contributed by atoms with van der Waals surface area (Å²) in [6, 6.07) is 7.87. The van der Waals surface area contributed by atoms with Gasteiger partial charge in [0, 0.05) is 30.7 Å². The van der Waals surface area contributed by atoms with Crippen LogP contribution in [-0.4, -0.2) is 43.0 Å². The van der Waals surface area contributed by atoms with Gasteiger partial charge in [0.25, 0.3) is 5.91 Å². The molecule has 1 aromatic carbocycles. The van der Waals surface area contributed by atoms with Gasteiger partial charge in [-0.05, 0) is 26.1 Å². The fraction of sp³-hybridized carbons (Fsp3) is 0.357. The molecule has 2 aromatic rings. The van der Waals surface area contributed by atoms with Crippen LogP contribution in [0.2, 0.25) is 0 Å². The molecule has 0 aliphatic rings. The van der Waals surface area contributed by atoms with Crippen LogP contribution in [0.5, 0.6) is 0 Å². The van der Waals surface area contributed by atoms with Crippen molar-refractivity contribution in [2.75, 3.05) is 27.2 Å². The number of fused-ring (bicyclic) bond motifs is 1. The van der Waals surface area contributed by atoms with Gasteiger partial charge in [-0.15, -0.1) is 0 Å². The van der Waals surface area contributed by atoms with E-state index in [0.717, 1.165) is 36.0 Å². The van der Waals surface area contributed by atoms with Crippen LogP contribution in [0.1, 0.15) is 16.8 Å². The van der Waals surface area contributed by atoms with Crippen molar-refractivity contribution in [1.82, 2.24) is 15.2 Å². The van der Waals surface area contributed by atoms with Crippen molar-refractivity contribution < 1.29 is 4.79 Å². The van der Waals surface area contributed by atoms with E-state index in [-0.39, 0.29) is 5.91 Å². The highest BCUT2D eigenvalue weighted by Gasteiger charge is 2.15. The van der Waals surface area contributed by atoms with Gasteiger partial charge in [0.05, 0.1) is 5.56 Å². The van der Waals surface area contributed by atoms with E-state index in [2.05, 4.69) is 10.3 Å². The van der Waals surface area contributed by atoms with Crippen LogP contribution >= 0.6 is 0 Å². The third-order valence-corrected chi connectivity index (χ3v) is 3.09. The second-order valence-electron chi connectivity index (χ2n) is 4.43. The fourth-order valence-electron chi connectivity index (χ4n) is 2.05. The van der Waals surface area contributed by atoms with E-state index in [1.54, 1.807) is 11.1 Å². The standard InChI is InChI=1S/C14H19N3O/c1-15-8-5-9-17(2)14(18)12-10-16-13-7-4-3-6-11(12)13/h3-4,6-7,10,15-16H,5,8-9H2,1-2H3. The van der Waals surface area contributed by atoms with Crippen LogP contribution in [0.4, 0.5) is 0 Å². The van der Waals surface area contributed by atoms with Crippen LogP contribution < -0.4 is 5.32 Å². The molecular formula is C14H19N3O. The summed E-state index contributed by atoms with van der Waals surface area (Å²) in [5.41, 5.74) is 1.75. The molecule has 0 unspecified atom stereocenters. The molecular weight excluding hydrogens is 226 g/mol. The topological polar surface area (TPSA) is 48.1 Å². The van der Waals surface area contributed by atoms with E-state index in [1.165, 1.54) is 0 Å². The van der Waals surface area contributed by atoms with E-state index < -0.39 is 0 Å². The first-order chi connectivity index (χ1) is 8.74. The molecule has 1 amide bonds. The molecule has 1 aromatic heterocycles. The van der Waals surface area contributed by atoms with E-state index in [0.29, 0.717) is 0 Å². The number of nitrogens with one attached hydrogen (secondary N) is 2. The average molecular weight is 245 g/mol. The first-order valence-electron chi connectivity index (χ1n) is 6.20. The van der Waals surface area contributed by atoms with Crippen molar-refractivity contribution in [3.05, 3.63) is 36.0 Å². The molecule has 0 atom stereocenters. The summed E-state index contributed by atoms with van der Waals surface area (Å²) in [5, 5.41) is 4.07. The van der Waals surface area contributed by atoms with Gasteiger partial charge in [0.1, 0.15) is 0 Å². The largest absolute Gasteiger partial charge is 0.360 e. The Balaban J connectivity index is 2.13. The Morgan fingerprint density at radius 3 is 2.94 bits per heavy atom. The number of carbonyl (C=O) groups excluding carboxylic acids is 1. The Morgan fingerprint density at radius 2 is 2.17 bits per heavy atom. The molecule has 0 aliphatic heterocycles. The highest BCUT2D eigenvalue weighted by Crippen LogP contribution is 2.18. The SMILES string of the molecule is CNCCCN(C)C(=O)c1c[nH]c2ccccc12. The predicted octanol–water partition coefficient (Wildman–Crippen LogP) is 1.85. The summed E-state index contributed by atoms with van der Waals surface area (Å²) in [4.78, 5) is 17.2. The highest BCUT2D eigenvalue weighted by atomic mass is 16.2. The summed E-state index contributed by atoms with van der Waals surface area (Å²) in [7, 11) is 3.77. The number of H-pyrrole nitrogens is 1. The van der Waals surface area contributed by atoms with Crippen LogP contribution in [-0.2, 0) is 0 Å². The molecule has 96 valence electrons. The van der Waals surface area contributed by atoms with Crippen molar-refractivity contribution in [1.29, 1.82) is 0 Å². The maximum absolute atomic E-state index is 12.3. The maximum Gasteiger partial charge on any atom is 0.255 e. The Bertz CT molecular complexity index is 533. The number of rotatable bonds is 5. The lowest BCUT2D eigenvalue weighted by Gasteiger charge is -2.16. The molecule has 0 saturated heterocycles. The number of carbonyl (C=O) groups is 1. The quantitative estimate of drug-likeness (QED) is 0.790. The third kappa shape index (κ3) is 2.54. The van der Waals surface area contributed by atoms with Crippen molar-refractivity contribution in [2.45, 2.75) is 6.42 Å². The van der Waals surface area contributed by atoms with Gasteiger partial charge < -0.3 is 15.2 Å². The molecule has 1 heterocycles. The smallest absolute Gasteiger partial charge is 0.255 e. The summed E-state index contributed by atoms with van der Waals surface area (Å²) in [6.07, 6.45) is 2.75. The Labute approximate surface area is 107 Å².